The van der Waals surface area contributed by atoms with Crippen molar-refractivity contribution in [2.24, 2.45) is 0 Å². The van der Waals surface area contributed by atoms with Gasteiger partial charge in [0.05, 0.1) is 19.8 Å². The average Bonchev–Trinajstić information content (AvgIpc) is 2.52. The third-order valence-corrected chi connectivity index (χ3v) is 3.73. The van der Waals surface area contributed by atoms with Crippen molar-refractivity contribution in [1.29, 1.82) is 0 Å². The van der Waals surface area contributed by atoms with Crippen LogP contribution in [-0.4, -0.2) is 52.6 Å². The largest absolute Gasteiger partial charge is 0.382 e. The van der Waals surface area contributed by atoms with Gasteiger partial charge in [-0.2, -0.15) is 0 Å². The highest BCUT2D eigenvalue weighted by Gasteiger charge is 2.18. The van der Waals surface area contributed by atoms with Gasteiger partial charge in [0.25, 0.3) is 0 Å². The Hall–Kier alpha value is -1.10. The van der Waals surface area contributed by atoms with Crippen LogP contribution in [0.15, 0.2) is 30.3 Å². The number of hydrogen-bond acceptors (Lipinski definition) is 4. The molecule has 0 unspecified atom stereocenters. The first-order chi connectivity index (χ1) is 9.90. The lowest BCUT2D eigenvalue weighted by Crippen LogP contribution is -2.43. The molecule has 1 aliphatic rings. The Morgan fingerprint density at radius 3 is 2.55 bits per heavy atom. The van der Waals surface area contributed by atoms with Gasteiger partial charge in [0.1, 0.15) is 0 Å². The molecular formula is C16H26N2O2. The van der Waals surface area contributed by atoms with Gasteiger partial charge in [0.2, 0.25) is 0 Å². The van der Waals surface area contributed by atoms with E-state index < -0.39 is 0 Å². The molecule has 0 atom stereocenters. The minimum Gasteiger partial charge on any atom is -0.382 e. The van der Waals surface area contributed by atoms with E-state index in [0.29, 0.717) is 19.3 Å². The fourth-order valence-corrected chi connectivity index (χ4v) is 2.56. The first-order valence-electron chi connectivity index (χ1n) is 7.50. The predicted octanol–water partition coefficient (Wildman–Crippen LogP) is 1.91. The monoisotopic (exact) mass is 278 g/mol. The molecule has 1 saturated heterocycles. The number of para-hydroxylation sites is 1. The third-order valence-electron chi connectivity index (χ3n) is 3.73. The molecule has 2 rings (SSSR count). The summed E-state index contributed by atoms with van der Waals surface area (Å²) in [4.78, 5) is 2.47. The van der Waals surface area contributed by atoms with E-state index >= 15 is 0 Å². The number of ether oxygens (including phenoxy) is 2. The SMILES string of the molecule is COCCOCCNC1CCN(c2ccccc2)CC1. The first-order valence-corrected chi connectivity index (χ1v) is 7.50. The lowest BCUT2D eigenvalue weighted by atomic mass is 10.0. The number of hydrogen-bond donors (Lipinski definition) is 1. The van der Waals surface area contributed by atoms with Gasteiger partial charge in [0, 0.05) is 38.5 Å². The van der Waals surface area contributed by atoms with Crippen LogP contribution in [-0.2, 0) is 9.47 Å². The van der Waals surface area contributed by atoms with Gasteiger partial charge in [-0.05, 0) is 25.0 Å². The minimum absolute atomic E-state index is 0.626. The van der Waals surface area contributed by atoms with Crippen LogP contribution in [0.5, 0.6) is 0 Å². The molecule has 112 valence electrons. The Labute approximate surface area is 122 Å². The molecule has 1 aliphatic heterocycles. The molecule has 0 aromatic heterocycles. The first kappa shape index (κ1) is 15.3. The molecule has 1 N–H and O–H groups in total. The highest BCUT2D eigenvalue weighted by molar-refractivity contribution is 5.46. The maximum atomic E-state index is 5.46. The molecule has 1 heterocycles. The van der Waals surface area contributed by atoms with Crippen molar-refractivity contribution >= 4 is 5.69 Å². The van der Waals surface area contributed by atoms with Crippen molar-refractivity contribution < 1.29 is 9.47 Å². The second-order valence-electron chi connectivity index (χ2n) is 5.16. The summed E-state index contributed by atoms with van der Waals surface area (Å²) < 4.78 is 10.4. The van der Waals surface area contributed by atoms with Crippen molar-refractivity contribution in [3.05, 3.63) is 30.3 Å². The van der Waals surface area contributed by atoms with Crippen LogP contribution in [0.3, 0.4) is 0 Å². The summed E-state index contributed by atoms with van der Waals surface area (Å²) in [5.74, 6) is 0. The third kappa shape index (κ3) is 5.12. The Balaban J connectivity index is 1.58. The van der Waals surface area contributed by atoms with Gasteiger partial charge in [-0.3, -0.25) is 0 Å². The van der Waals surface area contributed by atoms with Crippen molar-refractivity contribution in [2.75, 3.05) is 51.5 Å². The maximum Gasteiger partial charge on any atom is 0.0700 e. The second kappa shape index (κ2) is 8.95. The molecule has 0 bridgehead atoms. The van der Waals surface area contributed by atoms with Crippen molar-refractivity contribution in [2.45, 2.75) is 18.9 Å². The molecule has 0 saturated carbocycles. The molecule has 0 aliphatic carbocycles. The highest BCUT2D eigenvalue weighted by atomic mass is 16.5. The Morgan fingerprint density at radius 2 is 1.85 bits per heavy atom. The summed E-state index contributed by atoms with van der Waals surface area (Å²) in [6.07, 6.45) is 2.40. The number of nitrogens with zero attached hydrogens (tertiary/aromatic N) is 1. The maximum absolute atomic E-state index is 5.46. The Morgan fingerprint density at radius 1 is 1.10 bits per heavy atom. The van der Waals surface area contributed by atoms with Crippen LogP contribution in [0.1, 0.15) is 12.8 Å². The van der Waals surface area contributed by atoms with Gasteiger partial charge < -0.3 is 19.7 Å². The number of benzene rings is 1. The minimum atomic E-state index is 0.626. The standard InChI is InChI=1S/C16H26N2O2/c1-19-13-14-20-12-9-17-15-7-10-18(11-8-15)16-5-3-2-4-6-16/h2-6,15,17H,7-14H2,1H3. The fourth-order valence-electron chi connectivity index (χ4n) is 2.56. The van der Waals surface area contributed by atoms with E-state index in [2.05, 4.69) is 40.5 Å². The van der Waals surface area contributed by atoms with Crippen LogP contribution in [0.2, 0.25) is 0 Å². The van der Waals surface area contributed by atoms with Crippen molar-refractivity contribution in [3.63, 3.8) is 0 Å². The zero-order valence-electron chi connectivity index (χ0n) is 12.4. The summed E-state index contributed by atoms with van der Waals surface area (Å²) in [6, 6.07) is 11.3. The molecule has 4 nitrogen and oxygen atoms in total. The van der Waals surface area contributed by atoms with Crippen LogP contribution in [0.25, 0.3) is 0 Å². The van der Waals surface area contributed by atoms with Gasteiger partial charge >= 0.3 is 0 Å². The summed E-state index contributed by atoms with van der Waals surface area (Å²) in [6.45, 7) is 5.32. The fraction of sp³-hybridized carbons (Fsp3) is 0.625. The Bertz CT molecular complexity index is 351. The smallest absolute Gasteiger partial charge is 0.0700 e. The number of methoxy groups -OCH3 is 1. The normalized spacial score (nSPS) is 16.6. The molecule has 0 spiro atoms. The second-order valence-corrected chi connectivity index (χ2v) is 5.16. The molecule has 1 aromatic carbocycles. The van der Waals surface area contributed by atoms with E-state index in [1.807, 2.05) is 0 Å². The summed E-state index contributed by atoms with van der Waals surface area (Å²) in [7, 11) is 1.70. The highest BCUT2D eigenvalue weighted by Crippen LogP contribution is 2.19. The molecular weight excluding hydrogens is 252 g/mol. The number of anilines is 1. The topological polar surface area (TPSA) is 33.7 Å². The van der Waals surface area contributed by atoms with E-state index in [-0.39, 0.29) is 0 Å². The average molecular weight is 278 g/mol. The van der Waals surface area contributed by atoms with Crippen LogP contribution in [0.4, 0.5) is 5.69 Å². The predicted molar refractivity (Wildman–Crippen MR) is 82.4 cm³/mol. The quantitative estimate of drug-likeness (QED) is 0.737. The molecule has 0 amide bonds. The molecule has 0 radical (unpaired) electrons. The van der Waals surface area contributed by atoms with Crippen molar-refractivity contribution in [1.82, 2.24) is 5.32 Å². The van der Waals surface area contributed by atoms with Crippen LogP contribution < -0.4 is 10.2 Å². The summed E-state index contributed by atoms with van der Waals surface area (Å²) in [5, 5.41) is 3.58. The van der Waals surface area contributed by atoms with Gasteiger partial charge in [-0.15, -0.1) is 0 Å². The van der Waals surface area contributed by atoms with Crippen LogP contribution in [0, 0.1) is 0 Å². The summed E-state index contributed by atoms with van der Waals surface area (Å²) >= 11 is 0. The lowest BCUT2D eigenvalue weighted by molar-refractivity contribution is 0.0707. The number of nitrogens with one attached hydrogen (secondary N) is 1. The van der Waals surface area contributed by atoms with Crippen molar-refractivity contribution in [3.8, 4) is 0 Å². The lowest BCUT2D eigenvalue weighted by Gasteiger charge is -2.34. The molecule has 4 heteroatoms. The van der Waals surface area contributed by atoms with Gasteiger partial charge in [-0.25, -0.2) is 0 Å². The Kier molecular flexibility index (Phi) is 6.84. The van der Waals surface area contributed by atoms with Crippen LogP contribution >= 0.6 is 0 Å². The van der Waals surface area contributed by atoms with Gasteiger partial charge in [0.15, 0.2) is 0 Å². The number of rotatable bonds is 8. The molecule has 1 fully saturated rings. The van der Waals surface area contributed by atoms with E-state index in [4.69, 9.17) is 9.47 Å². The van der Waals surface area contributed by atoms with E-state index in [9.17, 15) is 0 Å². The van der Waals surface area contributed by atoms with E-state index in [1.54, 1.807) is 7.11 Å². The number of piperidine rings is 1. The van der Waals surface area contributed by atoms with E-state index in [1.165, 1.54) is 18.5 Å². The molecule has 20 heavy (non-hydrogen) atoms. The van der Waals surface area contributed by atoms with Gasteiger partial charge in [-0.1, -0.05) is 18.2 Å². The zero-order valence-corrected chi connectivity index (χ0v) is 12.4. The summed E-state index contributed by atoms with van der Waals surface area (Å²) in [5.41, 5.74) is 1.34. The molecule has 1 aromatic rings. The zero-order chi connectivity index (χ0) is 14.0. The van der Waals surface area contributed by atoms with E-state index in [0.717, 1.165) is 26.2 Å².